The Morgan fingerprint density at radius 1 is 1.40 bits per heavy atom. The highest BCUT2D eigenvalue weighted by atomic mass is 16.5. The summed E-state index contributed by atoms with van der Waals surface area (Å²) in [6, 6.07) is 7.18. The van der Waals surface area contributed by atoms with Crippen molar-refractivity contribution in [2.45, 2.75) is 20.0 Å². The quantitative estimate of drug-likeness (QED) is 0.830. The third kappa shape index (κ3) is 3.96. The number of methoxy groups -OCH3 is 1. The minimum atomic E-state index is -1.10. The first kappa shape index (κ1) is 16.0. The minimum absolute atomic E-state index is 0.0763. The lowest BCUT2D eigenvalue weighted by Gasteiger charge is -2.24. The number of hydrogen-bond donors (Lipinski definition) is 2. The highest BCUT2D eigenvalue weighted by molar-refractivity contribution is 5.93. The number of urea groups is 1. The smallest absolute Gasteiger partial charge is 0.334 e. The zero-order valence-electron chi connectivity index (χ0n) is 11.9. The van der Waals surface area contributed by atoms with Crippen molar-refractivity contribution in [3.8, 4) is 0 Å². The fourth-order valence-corrected chi connectivity index (χ4v) is 1.84. The second-order valence-electron chi connectivity index (χ2n) is 4.28. The summed E-state index contributed by atoms with van der Waals surface area (Å²) in [6.45, 7) is 4.19. The van der Waals surface area contributed by atoms with Crippen LogP contribution in [0.5, 0.6) is 0 Å². The SMILES string of the molecule is CCN(C(=O)NCC(OC)C(=O)O)c1ccccc1C. The molecule has 1 aromatic carbocycles. The van der Waals surface area contributed by atoms with Gasteiger partial charge in [-0.1, -0.05) is 18.2 Å². The topological polar surface area (TPSA) is 78.9 Å². The number of carboxylic acids is 1. The Balaban J connectivity index is 2.74. The molecule has 110 valence electrons. The second-order valence-corrected chi connectivity index (χ2v) is 4.28. The van der Waals surface area contributed by atoms with Crippen LogP contribution in [0, 0.1) is 6.92 Å². The van der Waals surface area contributed by atoms with Crippen LogP contribution in [-0.2, 0) is 9.53 Å². The Morgan fingerprint density at radius 3 is 2.55 bits per heavy atom. The summed E-state index contributed by atoms with van der Waals surface area (Å²) >= 11 is 0. The number of para-hydroxylation sites is 1. The van der Waals surface area contributed by atoms with Gasteiger partial charge < -0.3 is 15.2 Å². The van der Waals surface area contributed by atoms with Crippen molar-refractivity contribution in [1.29, 1.82) is 0 Å². The van der Waals surface area contributed by atoms with Crippen molar-refractivity contribution in [1.82, 2.24) is 5.32 Å². The summed E-state index contributed by atoms with van der Waals surface area (Å²) in [5.41, 5.74) is 1.78. The highest BCUT2D eigenvalue weighted by Gasteiger charge is 2.20. The summed E-state index contributed by atoms with van der Waals surface area (Å²) in [7, 11) is 1.30. The maximum absolute atomic E-state index is 12.1. The predicted molar refractivity (Wildman–Crippen MR) is 76.0 cm³/mol. The van der Waals surface area contributed by atoms with E-state index in [-0.39, 0.29) is 12.6 Å². The van der Waals surface area contributed by atoms with Gasteiger partial charge in [0.25, 0.3) is 0 Å². The molecule has 1 atom stereocenters. The van der Waals surface area contributed by atoms with E-state index in [1.807, 2.05) is 38.1 Å². The van der Waals surface area contributed by atoms with Gasteiger partial charge in [-0.05, 0) is 25.5 Å². The first-order valence-electron chi connectivity index (χ1n) is 6.37. The fourth-order valence-electron chi connectivity index (χ4n) is 1.84. The molecule has 6 nitrogen and oxygen atoms in total. The van der Waals surface area contributed by atoms with E-state index in [1.165, 1.54) is 7.11 Å². The van der Waals surface area contributed by atoms with Crippen LogP contribution < -0.4 is 10.2 Å². The van der Waals surface area contributed by atoms with E-state index in [4.69, 9.17) is 9.84 Å². The van der Waals surface area contributed by atoms with Crippen LogP contribution in [-0.4, -0.2) is 43.4 Å². The van der Waals surface area contributed by atoms with Crippen molar-refractivity contribution in [3.63, 3.8) is 0 Å². The minimum Gasteiger partial charge on any atom is -0.479 e. The molecule has 1 rings (SSSR count). The third-order valence-corrected chi connectivity index (χ3v) is 2.97. The van der Waals surface area contributed by atoms with Crippen LogP contribution in [0.2, 0.25) is 0 Å². The third-order valence-electron chi connectivity index (χ3n) is 2.97. The van der Waals surface area contributed by atoms with Gasteiger partial charge in [-0.3, -0.25) is 4.90 Å². The molecule has 1 aromatic rings. The number of ether oxygens (including phenoxy) is 1. The maximum Gasteiger partial charge on any atom is 0.334 e. The number of amides is 2. The van der Waals surface area contributed by atoms with Crippen molar-refractivity contribution in [3.05, 3.63) is 29.8 Å². The van der Waals surface area contributed by atoms with Crippen molar-refractivity contribution in [2.75, 3.05) is 25.1 Å². The number of rotatable bonds is 6. The number of carboxylic acid groups (broad SMARTS) is 1. The molecule has 2 N–H and O–H groups in total. The Kier molecular flexibility index (Phi) is 5.99. The molecule has 0 radical (unpaired) electrons. The number of anilines is 1. The predicted octanol–water partition coefficient (Wildman–Crippen LogP) is 1.63. The molecule has 0 fully saturated rings. The van der Waals surface area contributed by atoms with Gasteiger partial charge in [0.1, 0.15) is 0 Å². The molecule has 0 bridgehead atoms. The summed E-state index contributed by atoms with van der Waals surface area (Å²) in [6.07, 6.45) is -1.05. The number of aliphatic carboxylic acids is 1. The summed E-state index contributed by atoms with van der Waals surface area (Å²) in [5.74, 6) is -1.10. The number of nitrogens with one attached hydrogen (secondary N) is 1. The van der Waals surface area contributed by atoms with E-state index in [9.17, 15) is 9.59 Å². The van der Waals surface area contributed by atoms with Crippen molar-refractivity contribution < 1.29 is 19.4 Å². The Labute approximate surface area is 118 Å². The van der Waals surface area contributed by atoms with E-state index >= 15 is 0 Å². The van der Waals surface area contributed by atoms with Gasteiger partial charge in [0.05, 0.1) is 6.54 Å². The molecule has 0 aliphatic carbocycles. The lowest BCUT2D eigenvalue weighted by Crippen LogP contribution is -2.45. The number of aryl methyl sites for hydroxylation is 1. The average Bonchev–Trinajstić information content (AvgIpc) is 2.42. The molecule has 0 saturated heterocycles. The number of carbonyl (C=O) groups is 2. The molecule has 1 unspecified atom stereocenters. The van der Waals surface area contributed by atoms with Gasteiger partial charge in [0.15, 0.2) is 6.10 Å². The van der Waals surface area contributed by atoms with Gasteiger partial charge in [-0.2, -0.15) is 0 Å². The molecule has 0 spiro atoms. The van der Waals surface area contributed by atoms with E-state index in [2.05, 4.69) is 5.32 Å². The molecule has 0 saturated carbocycles. The van der Waals surface area contributed by atoms with Gasteiger partial charge >= 0.3 is 12.0 Å². The standard InChI is InChI=1S/C14H20N2O4/c1-4-16(11-8-6-5-7-10(11)2)14(19)15-9-12(20-3)13(17)18/h5-8,12H,4,9H2,1-3H3,(H,15,19)(H,17,18). The first-order valence-corrected chi connectivity index (χ1v) is 6.37. The molecule has 20 heavy (non-hydrogen) atoms. The van der Waals surface area contributed by atoms with Crippen molar-refractivity contribution in [2.24, 2.45) is 0 Å². The first-order chi connectivity index (χ1) is 9.51. The second kappa shape index (κ2) is 7.49. The van der Waals surface area contributed by atoms with E-state index < -0.39 is 12.1 Å². The molecule has 2 amide bonds. The Bertz CT molecular complexity index is 476. The molecule has 0 aromatic heterocycles. The summed E-state index contributed by atoms with van der Waals surface area (Å²) < 4.78 is 4.77. The van der Waals surface area contributed by atoms with Crippen LogP contribution >= 0.6 is 0 Å². The van der Waals surface area contributed by atoms with Gasteiger partial charge in [-0.25, -0.2) is 9.59 Å². The Hall–Kier alpha value is -2.08. The van der Waals surface area contributed by atoms with E-state index in [0.717, 1.165) is 11.3 Å². The summed E-state index contributed by atoms with van der Waals surface area (Å²) in [5, 5.41) is 11.4. The lowest BCUT2D eigenvalue weighted by molar-refractivity contribution is -0.147. The molecular weight excluding hydrogens is 260 g/mol. The number of benzene rings is 1. The highest BCUT2D eigenvalue weighted by Crippen LogP contribution is 2.19. The zero-order chi connectivity index (χ0) is 15.1. The summed E-state index contributed by atoms with van der Waals surface area (Å²) in [4.78, 5) is 24.5. The Morgan fingerprint density at radius 2 is 2.05 bits per heavy atom. The monoisotopic (exact) mass is 280 g/mol. The molecule has 0 aliphatic heterocycles. The molecule has 6 heteroatoms. The zero-order valence-corrected chi connectivity index (χ0v) is 11.9. The van der Waals surface area contributed by atoms with Gasteiger partial charge in [0, 0.05) is 19.3 Å². The largest absolute Gasteiger partial charge is 0.479 e. The van der Waals surface area contributed by atoms with Crippen LogP contribution in [0.1, 0.15) is 12.5 Å². The molecule has 0 aliphatic rings. The normalized spacial score (nSPS) is 11.8. The molecule has 0 heterocycles. The van der Waals surface area contributed by atoms with Crippen LogP contribution in [0.3, 0.4) is 0 Å². The number of nitrogens with zero attached hydrogens (tertiary/aromatic N) is 1. The maximum atomic E-state index is 12.1. The number of hydrogen-bond acceptors (Lipinski definition) is 3. The van der Waals surface area contributed by atoms with Crippen LogP contribution in [0.25, 0.3) is 0 Å². The van der Waals surface area contributed by atoms with Crippen molar-refractivity contribution >= 4 is 17.7 Å². The van der Waals surface area contributed by atoms with Crippen LogP contribution in [0.15, 0.2) is 24.3 Å². The molecular formula is C14H20N2O4. The van der Waals surface area contributed by atoms with Gasteiger partial charge in [0.2, 0.25) is 0 Å². The van der Waals surface area contributed by atoms with Gasteiger partial charge in [-0.15, -0.1) is 0 Å². The fraction of sp³-hybridized carbons (Fsp3) is 0.429. The lowest BCUT2D eigenvalue weighted by atomic mass is 10.2. The van der Waals surface area contributed by atoms with E-state index in [0.29, 0.717) is 6.54 Å². The number of carbonyl (C=O) groups excluding carboxylic acids is 1. The van der Waals surface area contributed by atoms with Crippen LogP contribution in [0.4, 0.5) is 10.5 Å². The van der Waals surface area contributed by atoms with E-state index in [1.54, 1.807) is 4.90 Å². The average molecular weight is 280 g/mol.